The zero-order valence-corrected chi connectivity index (χ0v) is 7.35. The fraction of sp³-hybridized carbons (Fsp3) is 0.333. The molecule has 0 aliphatic heterocycles. The minimum absolute atomic E-state index is 0.226. The molecule has 0 heterocycles. The lowest BCUT2D eigenvalue weighted by atomic mass is 10.2. The van der Waals surface area contributed by atoms with E-state index in [4.69, 9.17) is 16.3 Å². The summed E-state index contributed by atoms with van der Waals surface area (Å²) in [5.41, 5.74) is 0.960. The molecule has 0 atom stereocenters. The van der Waals surface area contributed by atoms with Crippen LogP contribution in [0.2, 0.25) is 0 Å². The highest BCUT2D eigenvalue weighted by atomic mass is 35.5. The van der Waals surface area contributed by atoms with Gasteiger partial charge in [-0.1, -0.05) is 12.1 Å². The van der Waals surface area contributed by atoms with Crippen LogP contribution in [-0.2, 0) is 11.3 Å². The average Bonchev–Trinajstić information content (AvgIpc) is 2.09. The van der Waals surface area contributed by atoms with Crippen LogP contribution in [0.3, 0.4) is 0 Å². The van der Waals surface area contributed by atoms with E-state index in [9.17, 15) is 4.39 Å². The summed E-state index contributed by atoms with van der Waals surface area (Å²) in [5.74, 6) is 0.261. The van der Waals surface area contributed by atoms with Gasteiger partial charge in [-0.15, -0.1) is 11.6 Å². The number of hydrogen-bond acceptors (Lipinski definition) is 1. The van der Waals surface area contributed by atoms with Gasteiger partial charge in [-0.3, -0.25) is 0 Å². The molecule has 0 spiro atoms. The Kier molecular flexibility index (Phi) is 4.05. The SMILES string of the molecule is Fc1ccc(COCCCl)cc1. The second-order valence-corrected chi connectivity index (χ2v) is 2.75. The van der Waals surface area contributed by atoms with E-state index < -0.39 is 0 Å². The fourth-order valence-electron chi connectivity index (χ4n) is 0.825. The van der Waals surface area contributed by atoms with Gasteiger partial charge >= 0.3 is 0 Å². The number of rotatable bonds is 4. The number of benzene rings is 1. The van der Waals surface area contributed by atoms with Crippen molar-refractivity contribution in [3.8, 4) is 0 Å². The maximum Gasteiger partial charge on any atom is 0.123 e. The molecule has 1 nitrogen and oxygen atoms in total. The number of alkyl halides is 1. The molecule has 66 valence electrons. The number of halogens is 2. The summed E-state index contributed by atoms with van der Waals surface area (Å²) < 4.78 is 17.6. The Bertz CT molecular complexity index is 222. The molecule has 0 bridgehead atoms. The van der Waals surface area contributed by atoms with Gasteiger partial charge in [-0.25, -0.2) is 4.39 Å². The van der Waals surface area contributed by atoms with Crippen molar-refractivity contribution in [1.82, 2.24) is 0 Å². The van der Waals surface area contributed by atoms with Crippen LogP contribution in [-0.4, -0.2) is 12.5 Å². The topological polar surface area (TPSA) is 9.23 Å². The summed E-state index contributed by atoms with van der Waals surface area (Å²) in [5, 5.41) is 0. The first-order chi connectivity index (χ1) is 5.83. The maximum atomic E-state index is 12.4. The highest BCUT2D eigenvalue weighted by Crippen LogP contribution is 2.03. The third-order valence-electron chi connectivity index (χ3n) is 1.40. The van der Waals surface area contributed by atoms with Crippen molar-refractivity contribution in [2.75, 3.05) is 12.5 Å². The molecule has 0 radical (unpaired) electrons. The summed E-state index contributed by atoms with van der Waals surface area (Å²) in [6.45, 7) is 1.02. The lowest BCUT2D eigenvalue weighted by molar-refractivity contribution is 0.136. The van der Waals surface area contributed by atoms with E-state index in [1.165, 1.54) is 12.1 Å². The molecule has 1 aromatic carbocycles. The molecule has 1 rings (SSSR count). The molecular formula is C9H10ClFO. The summed E-state index contributed by atoms with van der Waals surface area (Å²) >= 11 is 5.41. The monoisotopic (exact) mass is 188 g/mol. The van der Waals surface area contributed by atoms with Crippen molar-refractivity contribution < 1.29 is 9.13 Å². The van der Waals surface area contributed by atoms with Gasteiger partial charge in [-0.05, 0) is 17.7 Å². The molecule has 0 saturated carbocycles. The zero-order valence-electron chi connectivity index (χ0n) is 6.59. The first-order valence-corrected chi connectivity index (χ1v) is 4.24. The summed E-state index contributed by atoms with van der Waals surface area (Å²) in [6.07, 6.45) is 0. The van der Waals surface area contributed by atoms with Crippen LogP contribution in [0.25, 0.3) is 0 Å². The standard InChI is InChI=1S/C9H10ClFO/c10-5-6-12-7-8-1-3-9(11)4-2-8/h1-4H,5-7H2. The van der Waals surface area contributed by atoms with Gasteiger partial charge in [0.05, 0.1) is 13.2 Å². The Morgan fingerprint density at radius 1 is 1.25 bits per heavy atom. The van der Waals surface area contributed by atoms with E-state index in [1.807, 2.05) is 0 Å². The van der Waals surface area contributed by atoms with Crippen LogP contribution in [0, 0.1) is 5.82 Å². The van der Waals surface area contributed by atoms with Crippen molar-refractivity contribution in [2.45, 2.75) is 6.61 Å². The molecule has 0 aliphatic rings. The van der Waals surface area contributed by atoms with Crippen LogP contribution < -0.4 is 0 Å². The van der Waals surface area contributed by atoms with Crippen molar-refractivity contribution in [3.05, 3.63) is 35.6 Å². The molecular weight excluding hydrogens is 179 g/mol. The van der Waals surface area contributed by atoms with Crippen LogP contribution in [0.4, 0.5) is 4.39 Å². The van der Waals surface area contributed by atoms with E-state index in [-0.39, 0.29) is 5.82 Å². The summed E-state index contributed by atoms with van der Waals surface area (Å²) in [4.78, 5) is 0. The Balaban J connectivity index is 2.37. The maximum absolute atomic E-state index is 12.4. The van der Waals surface area contributed by atoms with Crippen molar-refractivity contribution >= 4 is 11.6 Å². The molecule has 0 saturated heterocycles. The van der Waals surface area contributed by atoms with E-state index in [1.54, 1.807) is 12.1 Å². The molecule has 0 aliphatic carbocycles. The predicted molar refractivity (Wildman–Crippen MR) is 46.8 cm³/mol. The number of hydrogen-bond donors (Lipinski definition) is 0. The molecule has 0 unspecified atom stereocenters. The Morgan fingerprint density at radius 3 is 2.50 bits per heavy atom. The van der Waals surface area contributed by atoms with E-state index in [0.717, 1.165) is 5.56 Å². The average molecular weight is 189 g/mol. The molecule has 0 fully saturated rings. The minimum atomic E-state index is -0.226. The highest BCUT2D eigenvalue weighted by molar-refractivity contribution is 6.17. The van der Waals surface area contributed by atoms with E-state index in [2.05, 4.69) is 0 Å². The van der Waals surface area contributed by atoms with Gasteiger partial charge in [-0.2, -0.15) is 0 Å². The summed E-state index contributed by atoms with van der Waals surface area (Å²) in [7, 11) is 0. The highest BCUT2D eigenvalue weighted by Gasteiger charge is 1.92. The zero-order chi connectivity index (χ0) is 8.81. The Morgan fingerprint density at radius 2 is 1.92 bits per heavy atom. The van der Waals surface area contributed by atoms with Gasteiger partial charge < -0.3 is 4.74 Å². The fourth-order valence-corrected chi connectivity index (χ4v) is 0.934. The Labute approximate surface area is 76.1 Å². The molecule has 0 N–H and O–H groups in total. The number of ether oxygens (including phenoxy) is 1. The normalized spacial score (nSPS) is 10.2. The smallest absolute Gasteiger partial charge is 0.123 e. The lowest BCUT2D eigenvalue weighted by Gasteiger charge is -2.01. The third kappa shape index (κ3) is 3.20. The van der Waals surface area contributed by atoms with E-state index in [0.29, 0.717) is 19.1 Å². The molecule has 1 aromatic rings. The minimum Gasteiger partial charge on any atom is -0.376 e. The van der Waals surface area contributed by atoms with Crippen molar-refractivity contribution in [2.24, 2.45) is 0 Å². The first-order valence-electron chi connectivity index (χ1n) is 3.71. The predicted octanol–water partition coefficient (Wildman–Crippen LogP) is 2.58. The summed E-state index contributed by atoms with van der Waals surface area (Å²) in [6, 6.07) is 6.23. The van der Waals surface area contributed by atoms with Gasteiger partial charge in [0.1, 0.15) is 5.82 Å². The lowest BCUT2D eigenvalue weighted by Crippen LogP contribution is -1.95. The van der Waals surface area contributed by atoms with Gasteiger partial charge in [0.2, 0.25) is 0 Å². The Hall–Kier alpha value is -0.600. The second-order valence-electron chi connectivity index (χ2n) is 2.37. The van der Waals surface area contributed by atoms with Crippen LogP contribution in [0.5, 0.6) is 0 Å². The van der Waals surface area contributed by atoms with E-state index >= 15 is 0 Å². The first kappa shape index (κ1) is 9.49. The van der Waals surface area contributed by atoms with Gasteiger partial charge in [0, 0.05) is 5.88 Å². The van der Waals surface area contributed by atoms with Crippen molar-refractivity contribution in [3.63, 3.8) is 0 Å². The molecule has 3 heteroatoms. The van der Waals surface area contributed by atoms with Crippen LogP contribution in [0.15, 0.2) is 24.3 Å². The van der Waals surface area contributed by atoms with Gasteiger partial charge in [0.15, 0.2) is 0 Å². The van der Waals surface area contributed by atoms with Crippen molar-refractivity contribution in [1.29, 1.82) is 0 Å². The third-order valence-corrected chi connectivity index (χ3v) is 1.56. The van der Waals surface area contributed by atoms with Crippen LogP contribution >= 0.6 is 11.6 Å². The van der Waals surface area contributed by atoms with Gasteiger partial charge in [0.25, 0.3) is 0 Å². The molecule has 0 aromatic heterocycles. The largest absolute Gasteiger partial charge is 0.376 e. The molecule has 0 amide bonds. The van der Waals surface area contributed by atoms with Crippen LogP contribution in [0.1, 0.15) is 5.56 Å². The quantitative estimate of drug-likeness (QED) is 0.521. The second kappa shape index (κ2) is 5.12. The molecule has 12 heavy (non-hydrogen) atoms.